The lowest BCUT2D eigenvalue weighted by atomic mass is 9.80. The maximum absolute atomic E-state index is 10.6. The zero-order valence-electron chi connectivity index (χ0n) is 8.75. The largest absolute Gasteiger partial charge is 0.303 e. The number of halogens is 1. The van der Waals surface area contributed by atoms with E-state index < -0.39 is 0 Å². The fourth-order valence-corrected chi connectivity index (χ4v) is 2.10. The van der Waals surface area contributed by atoms with Gasteiger partial charge in [-0.05, 0) is 23.8 Å². The number of hydrogen-bond donors (Lipinski definition) is 0. The molecule has 0 bridgehead atoms. The first-order valence-electron chi connectivity index (χ1n) is 4.87. The van der Waals surface area contributed by atoms with Crippen LogP contribution in [0.15, 0.2) is 23.2 Å². The van der Waals surface area contributed by atoms with Crippen LogP contribution >= 0.6 is 11.6 Å². The molecule has 0 aromatic heterocycles. The minimum Gasteiger partial charge on any atom is -0.303 e. The van der Waals surface area contributed by atoms with Crippen LogP contribution < -0.4 is 0 Å². The van der Waals surface area contributed by atoms with Crippen molar-refractivity contribution in [2.75, 3.05) is 0 Å². The van der Waals surface area contributed by atoms with E-state index in [9.17, 15) is 4.79 Å². The van der Waals surface area contributed by atoms with Gasteiger partial charge in [0.2, 0.25) is 0 Å². The highest BCUT2D eigenvalue weighted by molar-refractivity contribution is 6.30. The van der Waals surface area contributed by atoms with Gasteiger partial charge < -0.3 is 4.79 Å². The molecular weight excluding hydrogens is 210 g/mol. The summed E-state index contributed by atoms with van der Waals surface area (Å²) in [6.07, 6.45) is 1.29. The Morgan fingerprint density at radius 2 is 2.20 bits per heavy atom. The highest BCUT2D eigenvalue weighted by Gasteiger charge is 2.34. The molecule has 2 rings (SSSR count). The Morgan fingerprint density at radius 3 is 2.87 bits per heavy atom. The van der Waals surface area contributed by atoms with Crippen molar-refractivity contribution in [2.24, 2.45) is 4.99 Å². The molecular formula is C12H12ClNO. The van der Waals surface area contributed by atoms with E-state index in [1.165, 1.54) is 0 Å². The third kappa shape index (κ3) is 1.59. The summed E-state index contributed by atoms with van der Waals surface area (Å²) in [6.45, 7) is 4.13. The Bertz CT molecular complexity index is 449. The molecule has 0 amide bonds. The molecule has 0 radical (unpaired) electrons. The molecule has 1 aliphatic heterocycles. The van der Waals surface area contributed by atoms with E-state index in [4.69, 9.17) is 11.6 Å². The molecule has 0 atom stereocenters. The van der Waals surface area contributed by atoms with Crippen LogP contribution in [-0.2, 0) is 10.2 Å². The summed E-state index contributed by atoms with van der Waals surface area (Å²) in [7, 11) is 0. The predicted octanol–water partition coefficient (Wildman–Crippen LogP) is 3.29. The second-order valence-corrected chi connectivity index (χ2v) is 4.65. The zero-order valence-corrected chi connectivity index (χ0v) is 9.51. The number of hydrogen-bond acceptors (Lipinski definition) is 2. The van der Waals surface area contributed by atoms with Gasteiger partial charge in [-0.15, -0.1) is 0 Å². The van der Waals surface area contributed by atoms with Crippen LogP contribution in [0.1, 0.15) is 25.8 Å². The number of fused-ring (bicyclic) bond motifs is 1. The maximum atomic E-state index is 10.6. The number of nitrogens with zero attached hydrogens (tertiary/aromatic N) is 1. The van der Waals surface area contributed by atoms with Crippen LogP contribution in [-0.4, -0.2) is 12.0 Å². The van der Waals surface area contributed by atoms with E-state index in [1.807, 2.05) is 18.2 Å². The van der Waals surface area contributed by atoms with Crippen LogP contribution in [0.25, 0.3) is 0 Å². The third-order valence-electron chi connectivity index (χ3n) is 2.89. The Labute approximate surface area is 94.0 Å². The molecule has 78 valence electrons. The lowest BCUT2D eigenvalue weighted by Crippen LogP contribution is -2.25. The molecule has 0 aliphatic carbocycles. The van der Waals surface area contributed by atoms with Gasteiger partial charge >= 0.3 is 0 Å². The summed E-state index contributed by atoms with van der Waals surface area (Å²) < 4.78 is 0. The number of carbonyl (C=O) groups is 1. The Kier molecular flexibility index (Phi) is 2.39. The van der Waals surface area contributed by atoms with Crippen molar-refractivity contribution in [2.45, 2.75) is 25.7 Å². The average Bonchev–Trinajstić information content (AvgIpc) is 2.41. The van der Waals surface area contributed by atoms with E-state index in [-0.39, 0.29) is 5.41 Å². The first-order chi connectivity index (χ1) is 7.05. The summed E-state index contributed by atoms with van der Waals surface area (Å²) in [6, 6.07) is 5.65. The predicted molar refractivity (Wildman–Crippen MR) is 62.3 cm³/mol. The molecule has 1 aromatic rings. The standard InChI is InChI=1S/C12H12ClNO/c1-12(2)9-7-8(13)3-4-10(9)14-11(12)5-6-15/h3-4,6-7H,5H2,1-2H3. The fourth-order valence-electron chi connectivity index (χ4n) is 1.93. The molecule has 1 aromatic carbocycles. The molecule has 0 fully saturated rings. The highest BCUT2D eigenvalue weighted by Crippen LogP contribution is 2.41. The molecule has 2 nitrogen and oxygen atoms in total. The monoisotopic (exact) mass is 221 g/mol. The second-order valence-electron chi connectivity index (χ2n) is 4.22. The number of aldehydes is 1. The summed E-state index contributed by atoms with van der Waals surface area (Å²) in [5, 5.41) is 0.712. The third-order valence-corrected chi connectivity index (χ3v) is 3.12. The van der Waals surface area contributed by atoms with E-state index in [1.54, 1.807) is 0 Å². The van der Waals surface area contributed by atoms with Crippen molar-refractivity contribution in [1.29, 1.82) is 0 Å². The first kappa shape index (κ1) is 10.4. The van der Waals surface area contributed by atoms with Gasteiger partial charge in [0.1, 0.15) is 6.29 Å². The van der Waals surface area contributed by atoms with Crippen molar-refractivity contribution in [3.63, 3.8) is 0 Å². The molecule has 0 N–H and O–H groups in total. The van der Waals surface area contributed by atoms with E-state index >= 15 is 0 Å². The number of benzene rings is 1. The van der Waals surface area contributed by atoms with Gasteiger partial charge in [0.25, 0.3) is 0 Å². The zero-order chi connectivity index (χ0) is 11.1. The van der Waals surface area contributed by atoms with Gasteiger partial charge in [0.15, 0.2) is 0 Å². The van der Waals surface area contributed by atoms with E-state index in [2.05, 4.69) is 18.8 Å². The second kappa shape index (κ2) is 3.46. The molecule has 0 spiro atoms. The molecule has 0 unspecified atom stereocenters. The fraction of sp³-hybridized carbons (Fsp3) is 0.333. The highest BCUT2D eigenvalue weighted by atomic mass is 35.5. The quantitative estimate of drug-likeness (QED) is 0.705. The molecule has 0 saturated heterocycles. The average molecular weight is 222 g/mol. The molecule has 1 aliphatic rings. The van der Waals surface area contributed by atoms with Gasteiger partial charge in [0, 0.05) is 22.6 Å². The normalized spacial score (nSPS) is 17.1. The Balaban J connectivity index is 2.52. The molecule has 15 heavy (non-hydrogen) atoms. The number of rotatable bonds is 2. The van der Waals surface area contributed by atoms with E-state index in [0.29, 0.717) is 11.4 Å². The van der Waals surface area contributed by atoms with Crippen LogP contribution in [0.2, 0.25) is 5.02 Å². The smallest absolute Gasteiger partial charge is 0.125 e. The minimum atomic E-state index is -0.179. The topological polar surface area (TPSA) is 29.4 Å². The van der Waals surface area contributed by atoms with Crippen molar-refractivity contribution in [3.05, 3.63) is 28.8 Å². The van der Waals surface area contributed by atoms with Crippen LogP contribution in [0, 0.1) is 0 Å². The number of aliphatic imine (C=N–C) groups is 1. The van der Waals surface area contributed by atoms with Gasteiger partial charge in [-0.3, -0.25) is 4.99 Å². The van der Waals surface area contributed by atoms with Crippen molar-refractivity contribution in [3.8, 4) is 0 Å². The molecule has 0 saturated carbocycles. The van der Waals surface area contributed by atoms with Gasteiger partial charge in [-0.1, -0.05) is 25.4 Å². The van der Waals surface area contributed by atoms with Crippen LogP contribution in [0.3, 0.4) is 0 Å². The van der Waals surface area contributed by atoms with Gasteiger partial charge in [-0.25, -0.2) is 0 Å². The molecule has 1 heterocycles. The Hall–Kier alpha value is -1.15. The summed E-state index contributed by atoms with van der Waals surface area (Å²) in [4.78, 5) is 15.0. The van der Waals surface area contributed by atoms with Gasteiger partial charge in [-0.2, -0.15) is 0 Å². The summed E-state index contributed by atoms with van der Waals surface area (Å²) in [5.41, 5.74) is 2.77. The summed E-state index contributed by atoms with van der Waals surface area (Å²) >= 11 is 5.95. The van der Waals surface area contributed by atoms with Crippen molar-refractivity contribution in [1.82, 2.24) is 0 Å². The van der Waals surface area contributed by atoms with Crippen molar-refractivity contribution < 1.29 is 4.79 Å². The van der Waals surface area contributed by atoms with E-state index in [0.717, 1.165) is 23.2 Å². The molecule has 3 heteroatoms. The number of carbonyl (C=O) groups excluding carboxylic acids is 1. The lowest BCUT2D eigenvalue weighted by Gasteiger charge is -2.21. The lowest BCUT2D eigenvalue weighted by molar-refractivity contribution is -0.106. The first-order valence-corrected chi connectivity index (χ1v) is 5.25. The van der Waals surface area contributed by atoms with Crippen molar-refractivity contribution >= 4 is 29.3 Å². The van der Waals surface area contributed by atoms with Crippen LogP contribution in [0.5, 0.6) is 0 Å². The maximum Gasteiger partial charge on any atom is 0.125 e. The minimum absolute atomic E-state index is 0.179. The van der Waals surface area contributed by atoms with Gasteiger partial charge in [0.05, 0.1) is 5.69 Å². The summed E-state index contributed by atoms with van der Waals surface area (Å²) in [5.74, 6) is 0. The van der Waals surface area contributed by atoms with Crippen LogP contribution in [0.4, 0.5) is 5.69 Å². The SMILES string of the molecule is CC1(C)C(CC=O)=Nc2ccc(Cl)cc21. The Morgan fingerprint density at radius 1 is 1.47 bits per heavy atom.